The Morgan fingerprint density at radius 1 is 1.26 bits per heavy atom. The van der Waals surface area contributed by atoms with Gasteiger partial charge in [-0.15, -0.1) is 12.4 Å². The Bertz CT molecular complexity index is 627. The highest BCUT2D eigenvalue weighted by molar-refractivity contribution is 7.88. The van der Waals surface area contributed by atoms with Crippen LogP contribution in [0.3, 0.4) is 0 Å². The third-order valence-electron chi connectivity index (χ3n) is 4.10. The minimum atomic E-state index is -3.15. The lowest BCUT2D eigenvalue weighted by atomic mass is 9.91. The minimum Gasteiger partial charge on any atom is -0.351 e. The number of piperidine rings is 1. The van der Waals surface area contributed by atoms with E-state index in [1.54, 1.807) is 6.92 Å². The Balaban J connectivity index is 0.00000264. The van der Waals surface area contributed by atoms with Crippen molar-refractivity contribution in [2.24, 2.45) is 5.73 Å². The molecule has 1 fully saturated rings. The van der Waals surface area contributed by atoms with Crippen LogP contribution < -0.4 is 11.1 Å². The van der Waals surface area contributed by atoms with Crippen molar-refractivity contribution < 1.29 is 13.2 Å². The quantitative estimate of drug-likeness (QED) is 0.830. The van der Waals surface area contributed by atoms with Crippen LogP contribution in [0.4, 0.5) is 0 Å². The van der Waals surface area contributed by atoms with Crippen molar-refractivity contribution in [3.05, 3.63) is 35.9 Å². The van der Waals surface area contributed by atoms with Gasteiger partial charge in [-0.05, 0) is 25.3 Å². The van der Waals surface area contributed by atoms with Crippen LogP contribution in [-0.2, 0) is 20.4 Å². The van der Waals surface area contributed by atoms with Crippen LogP contribution in [0.25, 0.3) is 0 Å². The molecule has 1 aromatic rings. The molecule has 1 amide bonds. The molecule has 8 heteroatoms. The Morgan fingerprint density at radius 3 is 2.26 bits per heavy atom. The van der Waals surface area contributed by atoms with Crippen LogP contribution in [0.15, 0.2) is 30.3 Å². The van der Waals surface area contributed by atoms with Crippen molar-refractivity contribution in [1.29, 1.82) is 0 Å². The number of amides is 1. The van der Waals surface area contributed by atoms with E-state index >= 15 is 0 Å². The van der Waals surface area contributed by atoms with Crippen molar-refractivity contribution in [2.45, 2.75) is 31.3 Å². The van der Waals surface area contributed by atoms with E-state index in [1.165, 1.54) is 10.6 Å². The Hall–Kier alpha value is -1.15. The van der Waals surface area contributed by atoms with Gasteiger partial charge in [-0.1, -0.05) is 30.3 Å². The maximum Gasteiger partial charge on any atom is 0.244 e. The molecule has 1 aromatic carbocycles. The summed E-state index contributed by atoms with van der Waals surface area (Å²) in [7, 11) is -3.15. The summed E-state index contributed by atoms with van der Waals surface area (Å²) in [5.41, 5.74) is 5.83. The van der Waals surface area contributed by atoms with Gasteiger partial charge in [0.2, 0.25) is 15.9 Å². The number of nitrogens with one attached hydrogen (secondary N) is 1. The topological polar surface area (TPSA) is 92.5 Å². The number of hydrogen-bond acceptors (Lipinski definition) is 4. The van der Waals surface area contributed by atoms with Crippen molar-refractivity contribution in [3.63, 3.8) is 0 Å². The van der Waals surface area contributed by atoms with Crippen molar-refractivity contribution >= 4 is 28.3 Å². The van der Waals surface area contributed by atoms with Crippen LogP contribution in [-0.4, -0.2) is 44.0 Å². The molecule has 0 spiro atoms. The molecule has 1 unspecified atom stereocenters. The fourth-order valence-corrected chi connectivity index (χ4v) is 3.46. The summed E-state index contributed by atoms with van der Waals surface area (Å²) in [6.07, 6.45) is 2.41. The van der Waals surface area contributed by atoms with Gasteiger partial charge in [0.05, 0.1) is 6.26 Å². The van der Waals surface area contributed by atoms with E-state index in [0.717, 1.165) is 5.56 Å². The molecule has 1 atom stereocenters. The number of carbonyl (C=O) groups is 1. The molecular weight excluding hydrogens is 338 g/mol. The molecule has 0 aliphatic carbocycles. The minimum absolute atomic E-state index is 0. The molecule has 130 valence electrons. The molecular formula is C15H24ClN3O3S. The van der Waals surface area contributed by atoms with Gasteiger partial charge in [0.25, 0.3) is 0 Å². The number of benzene rings is 1. The first-order chi connectivity index (χ1) is 10.2. The molecule has 1 aliphatic heterocycles. The molecule has 0 radical (unpaired) electrons. The van der Waals surface area contributed by atoms with E-state index in [2.05, 4.69) is 5.32 Å². The van der Waals surface area contributed by atoms with Gasteiger partial charge < -0.3 is 11.1 Å². The van der Waals surface area contributed by atoms with Gasteiger partial charge in [0.15, 0.2) is 0 Å². The van der Waals surface area contributed by atoms with Crippen molar-refractivity contribution in [2.75, 3.05) is 19.3 Å². The van der Waals surface area contributed by atoms with E-state index in [1.807, 2.05) is 30.3 Å². The second-order valence-electron chi connectivity index (χ2n) is 5.98. The lowest BCUT2D eigenvalue weighted by Gasteiger charge is -2.33. The van der Waals surface area contributed by atoms with E-state index in [4.69, 9.17) is 5.73 Å². The molecule has 1 heterocycles. The number of nitrogens with zero attached hydrogens (tertiary/aromatic N) is 1. The lowest BCUT2D eigenvalue weighted by molar-refractivity contribution is -0.127. The molecule has 1 saturated heterocycles. The highest BCUT2D eigenvalue weighted by Gasteiger charge is 2.33. The molecule has 0 saturated carbocycles. The largest absolute Gasteiger partial charge is 0.351 e. The average molecular weight is 362 g/mol. The number of sulfonamides is 1. The Morgan fingerprint density at radius 2 is 1.78 bits per heavy atom. The summed E-state index contributed by atoms with van der Waals surface area (Å²) in [5.74, 6) is -0.239. The van der Waals surface area contributed by atoms with Crippen LogP contribution in [0.2, 0.25) is 0 Å². The van der Waals surface area contributed by atoms with Gasteiger partial charge >= 0.3 is 0 Å². The molecule has 0 bridgehead atoms. The van der Waals surface area contributed by atoms with Crippen molar-refractivity contribution in [3.8, 4) is 0 Å². The van der Waals surface area contributed by atoms with Gasteiger partial charge in [-0.25, -0.2) is 12.7 Å². The maximum absolute atomic E-state index is 12.4. The summed E-state index contributed by atoms with van der Waals surface area (Å²) in [4.78, 5) is 12.4. The highest BCUT2D eigenvalue weighted by Crippen LogP contribution is 2.19. The number of halogens is 1. The molecule has 0 aromatic heterocycles. The molecule has 23 heavy (non-hydrogen) atoms. The summed E-state index contributed by atoms with van der Waals surface area (Å²) in [6, 6.07) is 9.17. The second kappa shape index (κ2) is 7.61. The van der Waals surface area contributed by atoms with Gasteiger partial charge in [-0.2, -0.15) is 0 Å². The summed E-state index contributed by atoms with van der Waals surface area (Å²) in [6.45, 7) is 2.54. The molecule has 3 N–H and O–H groups in total. The molecule has 1 aliphatic rings. The zero-order valence-electron chi connectivity index (χ0n) is 13.4. The summed E-state index contributed by atoms with van der Waals surface area (Å²) >= 11 is 0. The number of carbonyl (C=O) groups excluding carboxylic acids is 1. The van der Waals surface area contributed by atoms with Crippen molar-refractivity contribution in [1.82, 2.24) is 9.62 Å². The van der Waals surface area contributed by atoms with Crippen LogP contribution in [0, 0.1) is 0 Å². The zero-order valence-corrected chi connectivity index (χ0v) is 15.0. The highest BCUT2D eigenvalue weighted by atomic mass is 35.5. The third kappa shape index (κ3) is 4.91. The number of hydrogen-bond donors (Lipinski definition) is 2. The predicted molar refractivity (Wildman–Crippen MR) is 92.8 cm³/mol. The number of rotatable bonds is 4. The van der Waals surface area contributed by atoms with E-state index in [0.29, 0.717) is 25.9 Å². The maximum atomic E-state index is 12.4. The second-order valence-corrected chi connectivity index (χ2v) is 7.96. The fraction of sp³-hybridized carbons (Fsp3) is 0.533. The Kier molecular flexibility index (Phi) is 6.59. The van der Waals surface area contributed by atoms with E-state index in [9.17, 15) is 13.2 Å². The van der Waals surface area contributed by atoms with Gasteiger partial charge in [0.1, 0.15) is 5.54 Å². The SMILES string of the molecule is CC(N)(C(=O)NC1CCN(S(C)(=O)=O)CC1)c1ccccc1.Cl. The fourth-order valence-electron chi connectivity index (χ4n) is 2.58. The predicted octanol–water partition coefficient (Wildman–Crippen LogP) is 0.823. The standard InChI is InChI=1S/C15H23N3O3S.ClH/c1-15(16,12-6-4-3-5-7-12)14(19)17-13-8-10-18(11-9-13)22(2,20)21;/h3-7,13H,8-11,16H2,1-2H3,(H,17,19);1H. The van der Waals surface area contributed by atoms with Crippen LogP contribution in [0.1, 0.15) is 25.3 Å². The van der Waals surface area contributed by atoms with Crippen LogP contribution in [0.5, 0.6) is 0 Å². The van der Waals surface area contributed by atoms with Crippen LogP contribution >= 0.6 is 12.4 Å². The lowest BCUT2D eigenvalue weighted by Crippen LogP contribution is -2.54. The molecule has 6 nitrogen and oxygen atoms in total. The monoisotopic (exact) mass is 361 g/mol. The smallest absolute Gasteiger partial charge is 0.244 e. The average Bonchev–Trinajstić information content (AvgIpc) is 2.47. The first-order valence-corrected chi connectivity index (χ1v) is 9.16. The number of nitrogens with two attached hydrogens (primary N) is 1. The first kappa shape index (κ1) is 19.9. The zero-order chi connectivity index (χ0) is 16.4. The normalized spacial score (nSPS) is 19.4. The van der Waals surface area contributed by atoms with Gasteiger partial charge in [-0.3, -0.25) is 4.79 Å². The van der Waals surface area contributed by atoms with E-state index in [-0.39, 0.29) is 24.4 Å². The first-order valence-electron chi connectivity index (χ1n) is 7.32. The van der Waals surface area contributed by atoms with E-state index < -0.39 is 15.6 Å². The molecule has 2 rings (SSSR count). The van der Waals surface area contributed by atoms with Gasteiger partial charge in [0, 0.05) is 19.1 Å². The third-order valence-corrected chi connectivity index (χ3v) is 5.41. The summed E-state index contributed by atoms with van der Waals surface area (Å²) in [5, 5.41) is 2.94. The summed E-state index contributed by atoms with van der Waals surface area (Å²) < 4.78 is 24.4. The Labute approximate surface area is 143 Å².